The van der Waals surface area contributed by atoms with Crippen LogP contribution in [0.5, 0.6) is 0 Å². The summed E-state index contributed by atoms with van der Waals surface area (Å²) in [6, 6.07) is 2.40. The van der Waals surface area contributed by atoms with Crippen LogP contribution in [0.1, 0.15) is 19.4 Å². The number of nitrogen functional groups attached to an aromatic ring is 1. The van der Waals surface area contributed by atoms with Crippen LogP contribution in [0.15, 0.2) is 12.1 Å². The molecule has 7 heteroatoms. The minimum atomic E-state index is -4.55. The van der Waals surface area contributed by atoms with Crippen molar-refractivity contribution < 1.29 is 22.4 Å². The van der Waals surface area contributed by atoms with Gasteiger partial charge in [0.2, 0.25) is 5.91 Å². The summed E-state index contributed by atoms with van der Waals surface area (Å²) in [4.78, 5) is 12.6. The Hall–Kier alpha value is -1.79. The lowest BCUT2D eigenvalue weighted by molar-refractivity contribution is -0.134. The molecule has 0 unspecified atom stereocenters. The summed E-state index contributed by atoms with van der Waals surface area (Å²) in [5.74, 6) is -1.62. The van der Waals surface area contributed by atoms with Gasteiger partial charge in [0.05, 0.1) is 16.8 Å². The number of fused-ring (bicyclic) bond motifs is 1. The number of anilines is 2. The SMILES string of the molecule is CC1(C)C(=O)N(CC(F)(F)F)c2ccc(N)c(F)c21. The van der Waals surface area contributed by atoms with Gasteiger partial charge in [-0.1, -0.05) is 0 Å². The number of benzene rings is 1. The van der Waals surface area contributed by atoms with Crippen LogP contribution in [-0.4, -0.2) is 18.6 Å². The van der Waals surface area contributed by atoms with E-state index >= 15 is 0 Å². The summed E-state index contributed by atoms with van der Waals surface area (Å²) in [5.41, 5.74) is 3.71. The molecule has 0 atom stereocenters. The minimum absolute atomic E-state index is 0.0703. The molecule has 104 valence electrons. The number of alkyl halides is 3. The quantitative estimate of drug-likeness (QED) is 0.633. The second kappa shape index (κ2) is 3.85. The highest BCUT2D eigenvalue weighted by atomic mass is 19.4. The number of rotatable bonds is 1. The number of amides is 1. The van der Waals surface area contributed by atoms with Crippen molar-refractivity contribution in [2.75, 3.05) is 17.2 Å². The molecule has 1 amide bonds. The minimum Gasteiger partial charge on any atom is -0.396 e. The van der Waals surface area contributed by atoms with Crippen molar-refractivity contribution in [2.24, 2.45) is 0 Å². The topological polar surface area (TPSA) is 46.3 Å². The third kappa shape index (κ3) is 2.02. The number of nitrogens with zero attached hydrogens (tertiary/aromatic N) is 1. The Morgan fingerprint density at radius 1 is 1.32 bits per heavy atom. The van der Waals surface area contributed by atoms with Crippen molar-refractivity contribution in [1.29, 1.82) is 0 Å². The van der Waals surface area contributed by atoms with Gasteiger partial charge >= 0.3 is 6.18 Å². The van der Waals surface area contributed by atoms with Crippen LogP contribution in [0.25, 0.3) is 0 Å². The Morgan fingerprint density at radius 2 is 1.89 bits per heavy atom. The molecule has 2 rings (SSSR count). The summed E-state index contributed by atoms with van der Waals surface area (Å²) in [5, 5.41) is 0. The molecule has 0 fully saturated rings. The predicted molar refractivity (Wildman–Crippen MR) is 62.2 cm³/mol. The highest BCUT2D eigenvalue weighted by Gasteiger charge is 2.49. The lowest BCUT2D eigenvalue weighted by Gasteiger charge is -2.21. The molecule has 0 aromatic heterocycles. The van der Waals surface area contributed by atoms with Crippen molar-refractivity contribution in [1.82, 2.24) is 0 Å². The maximum Gasteiger partial charge on any atom is 0.406 e. The number of nitrogens with two attached hydrogens (primary N) is 1. The zero-order valence-electron chi connectivity index (χ0n) is 10.3. The summed E-state index contributed by atoms with van der Waals surface area (Å²) in [7, 11) is 0. The molecule has 0 saturated heterocycles. The van der Waals surface area contributed by atoms with E-state index in [2.05, 4.69) is 0 Å². The van der Waals surface area contributed by atoms with Gasteiger partial charge in [0.1, 0.15) is 6.54 Å². The average molecular weight is 276 g/mol. The smallest absolute Gasteiger partial charge is 0.396 e. The first kappa shape index (κ1) is 13.6. The van der Waals surface area contributed by atoms with Gasteiger partial charge < -0.3 is 10.6 Å². The van der Waals surface area contributed by atoms with E-state index in [0.717, 1.165) is 6.07 Å². The largest absolute Gasteiger partial charge is 0.406 e. The number of carbonyl (C=O) groups is 1. The van der Waals surface area contributed by atoms with E-state index in [1.54, 1.807) is 0 Å². The van der Waals surface area contributed by atoms with Crippen molar-refractivity contribution in [3.05, 3.63) is 23.5 Å². The van der Waals surface area contributed by atoms with Gasteiger partial charge in [0, 0.05) is 5.56 Å². The van der Waals surface area contributed by atoms with Gasteiger partial charge in [-0.05, 0) is 26.0 Å². The molecule has 0 radical (unpaired) electrons. The van der Waals surface area contributed by atoms with E-state index < -0.39 is 29.9 Å². The number of hydrogen-bond acceptors (Lipinski definition) is 2. The Morgan fingerprint density at radius 3 is 2.42 bits per heavy atom. The monoisotopic (exact) mass is 276 g/mol. The predicted octanol–water partition coefficient (Wildman–Crippen LogP) is 2.59. The van der Waals surface area contributed by atoms with Crippen LogP contribution in [0, 0.1) is 5.82 Å². The zero-order chi connectivity index (χ0) is 14.6. The molecule has 1 aromatic rings. The molecule has 0 spiro atoms. The number of halogens is 4. The summed E-state index contributed by atoms with van der Waals surface area (Å²) >= 11 is 0. The maximum atomic E-state index is 14.0. The average Bonchev–Trinajstić information content (AvgIpc) is 2.43. The van der Waals surface area contributed by atoms with Crippen molar-refractivity contribution >= 4 is 17.3 Å². The Balaban J connectivity index is 2.60. The van der Waals surface area contributed by atoms with Gasteiger partial charge in [-0.3, -0.25) is 4.79 Å². The first-order valence-electron chi connectivity index (χ1n) is 5.53. The number of carbonyl (C=O) groups excluding carboxylic acids is 1. The normalized spacial score (nSPS) is 17.8. The van der Waals surface area contributed by atoms with Gasteiger partial charge in [-0.2, -0.15) is 13.2 Å². The molecule has 3 nitrogen and oxygen atoms in total. The third-order valence-corrected chi connectivity index (χ3v) is 3.18. The standard InChI is InChI=1S/C12H12F4N2O/c1-11(2)8-7(4-3-6(17)9(8)13)18(10(11)19)5-12(14,15)16/h3-4H,5,17H2,1-2H3. The highest BCUT2D eigenvalue weighted by molar-refractivity contribution is 6.08. The van der Waals surface area contributed by atoms with Gasteiger partial charge in [-0.25, -0.2) is 4.39 Å². The Labute approximate surface area is 107 Å². The molecule has 1 aliphatic heterocycles. The lowest BCUT2D eigenvalue weighted by Crippen LogP contribution is -2.41. The fourth-order valence-corrected chi connectivity index (χ4v) is 2.29. The van der Waals surface area contributed by atoms with Gasteiger partial charge in [0.25, 0.3) is 0 Å². The fraction of sp³-hybridized carbons (Fsp3) is 0.417. The molecule has 2 N–H and O–H groups in total. The lowest BCUT2D eigenvalue weighted by atomic mass is 9.85. The maximum absolute atomic E-state index is 14.0. The molecule has 0 saturated carbocycles. The van der Waals surface area contributed by atoms with Crippen LogP contribution in [-0.2, 0) is 10.2 Å². The molecule has 0 bridgehead atoms. The summed E-state index contributed by atoms with van der Waals surface area (Å²) < 4.78 is 51.5. The Kier molecular flexibility index (Phi) is 2.76. The highest BCUT2D eigenvalue weighted by Crippen LogP contribution is 2.45. The van der Waals surface area contributed by atoms with Crippen LogP contribution in [0.3, 0.4) is 0 Å². The van der Waals surface area contributed by atoms with Crippen LogP contribution in [0.4, 0.5) is 28.9 Å². The van der Waals surface area contributed by atoms with Crippen molar-refractivity contribution in [3.63, 3.8) is 0 Å². The molecule has 1 heterocycles. The molecule has 0 aliphatic carbocycles. The van der Waals surface area contributed by atoms with Crippen LogP contribution in [0.2, 0.25) is 0 Å². The second-order valence-corrected chi connectivity index (χ2v) is 4.99. The first-order valence-corrected chi connectivity index (χ1v) is 5.53. The zero-order valence-corrected chi connectivity index (χ0v) is 10.3. The van der Waals surface area contributed by atoms with E-state index in [0.29, 0.717) is 4.90 Å². The molecule has 1 aliphatic rings. The molecular formula is C12H12F4N2O. The fourth-order valence-electron chi connectivity index (χ4n) is 2.29. The van der Waals surface area contributed by atoms with Crippen molar-refractivity contribution in [2.45, 2.75) is 25.4 Å². The molecule has 19 heavy (non-hydrogen) atoms. The van der Waals surface area contributed by atoms with E-state index in [9.17, 15) is 22.4 Å². The third-order valence-electron chi connectivity index (χ3n) is 3.18. The van der Waals surface area contributed by atoms with Gasteiger partial charge in [0.15, 0.2) is 5.82 Å². The Bertz CT molecular complexity index is 551. The first-order chi connectivity index (χ1) is 8.55. The molecule has 1 aromatic carbocycles. The van der Waals surface area contributed by atoms with E-state index in [-0.39, 0.29) is 16.9 Å². The van der Waals surface area contributed by atoms with Crippen LogP contribution >= 0.6 is 0 Å². The van der Waals surface area contributed by atoms with E-state index in [4.69, 9.17) is 5.73 Å². The molecular weight excluding hydrogens is 264 g/mol. The van der Waals surface area contributed by atoms with Crippen molar-refractivity contribution in [3.8, 4) is 0 Å². The van der Waals surface area contributed by atoms with Crippen LogP contribution < -0.4 is 10.6 Å². The van der Waals surface area contributed by atoms with E-state index in [1.165, 1.54) is 19.9 Å². The van der Waals surface area contributed by atoms with Gasteiger partial charge in [-0.15, -0.1) is 0 Å². The summed E-state index contributed by atoms with van der Waals surface area (Å²) in [6.07, 6.45) is -4.55. The van der Waals surface area contributed by atoms with E-state index in [1.807, 2.05) is 0 Å². The summed E-state index contributed by atoms with van der Waals surface area (Å²) in [6.45, 7) is 1.33. The second-order valence-electron chi connectivity index (χ2n) is 4.99. The number of hydrogen-bond donors (Lipinski definition) is 1.